The summed E-state index contributed by atoms with van der Waals surface area (Å²) in [6.45, 7) is 0.795. The van der Waals surface area contributed by atoms with Crippen LogP contribution in [0.25, 0.3) is 11.0 Å². The first kappa shape index (κ1) is 17.7. The van der Waals surface area contributed by atoms with Gasteiger partial charge in [0.05, 0.1) is 12.8 Å². The number of esters is 1. The van der Waals surface area contributed by atoms with E-state index in [0.717, 1.165) is 11.8 Å². The van der Waals surface area contributed by atoms with Crippen molar-refractivity contribution in [2.45, 2.75) is 31.2 Å². The summed E-state index contributed by atoms with van der Waals surface area (Å²) in [6.07, 6.45) is 4.26. The van der Waals surface area contributed by atoms with Crippen molar-refractivity contribution in [3.05, 3.63) is 24.0 Å². The van der Waals surface area contributed by atoms with Crippen molar-refractivity contribution in [3.63, 3.8) is 0 Å². The van der Waals surface area contributed by atoms with Gasteiger partial charge in [-0.05, 0) is 18.9 Å². The molecule has 2 N–H and O–H groups in total. The molecule has 2 aromatic rings. The smallest absolute Gasteiger partial charge is 0.341 e. The Balaban J connectivity index is 1.56. The Labute approximate surface area is 154 Å². The molecule has 1 saturated heterocycles. The van der Waals surface area contributed by atoms with Gasteiger partial charge in [0.15, 0.2) is 0 Å². The highest BCUT2D eigenvalue weighted by atomic mass is 19.3. The van der Waals surface area contributed by atoms with Crippen LogP contribution in [0.15, 0.2) is 18.5 Å². The maximum Gasteiger partial charge on any atom is 0.341 e. The zero-order chi connectivity index (χ0) is 19.2. The molecule has 2 atom stereocenters. The summed E-state index contributed by atoms with van der Waals surface area (Å²) in [5.74, 6) is -5.05. The second kappa shape index (κ2) is 6.47. The predicted octanol–water partition coefficient (Wildman–Crippen LogP) is 2.41. The number of fused-ring (bicyclic) bond motifs is 1. The van der Waals surface area contributed by atoms with Crippen LogP contribution in [0.1, 0.15) is 29.6 Å². The molecular weight excluding hydrogens is 358 g/mol. The Bertz CT molecular complexity index is 898. The molecule has 2 aromatic heterocycles. The van der Waals surface area contributed by atoms with Gasteiger partial charge in [0.2, 0.25) is 5.91 Å². The van der Waals surface area contributed by atoms with Gasteiger partial charge in [-0.15, -0.1) is 0 Å². The topological polar surface area (TPSA) is 87.3 Å². The van der Waals surface area contributed by atoms with E-state index in [-0.39, 0.29) is 12.5 Å². The van der Waals surface area contributed by atoms with Gasteiger partial charge in [-0.25, -0.2) is 18.6 Å². The van der Waals surface area contributed by atoms with Crippen LogP contribution in [-0.4, -0.2) is 58.9 Å². The molecule has 0 spiro atoms. The second-order valence-corrected chi connectivity index (χ2v) is 7.06. The number of carbonyl (C=O) groups is 2. The number of hydrogen-bond acceptors (Lipinski definition) is 5. The lowest BCUT2D eigenvalue weighted by atomic mass is 10.0. The Morgan fingerprint density at radius 2 is 2.22 bits per heavy atom. The normalized spacial score (nSPS) is 23.9. The number of H-pyrrole nitrogens is 1. The van der Waals surface area contributed by atoms with Crippen molar-refractivity contribution in [1.29, 1.82) is 0 Å². The third kappa shape index (κ3) is 3.22. The van der Waals surface area contributed by atoms with Gasteiger partial charge in [0.25, 0.3) is 5.92 Å². The highest BCUT2D eigenvalue weighted by molar-refractivity contribution is 6.04. The van der Waals surface area contributed by atoms with Gasteiger partial charge in [-0.1, -0.05) is 0 Å². The van der Waals surface area contributed by atoms with Gasteiger partial charge in [-0.3, -0.25) is 4.79 Å². The summed E-state index contributed by atoms with van der Waals surface area (Å²) in [5.41, 5.74) is 1.48. The second-order valence-electron chi connectivity index (χ2n) is 7.06. The summed E-state index contributed by atoms with van der Waals surface area (Å²) in [7, 11) is 1.30. The van der Waals surface area contributed by atoms with Crippen LogP contribution < -0.4 is 5.32 Å². The number of likely N-dealkylation sites (tertiary alicyclic amines) is 1. The lowest BCUT2D eigenvalue weighted by Gasteiger charge is -2.34. The summed E-state index contributed by atoms with van der Waals surface area (Å²) in [4.78, 5) is 33.1. The number of methoxy groups -OCH3 is 1. The average Bonchev–Trinajstić information content (AvgIpc) is 3.06. The number of nitrogens with zero attached hydrogens (tertiary/aromatic N) is 2. The Morgan fingerprint density at radius 3 is 2.93 bits per heavy atom. The number of amides is 1. The number of pyridine rings is 1. The number of hydrogen-bond donors (Lipinski definition) is 2. The first-order valence-corrected chi connectivity index (χ1v) is 8.88. The number of carbonyl (C=O) groups excluding carboxylic acids is 2. The van der Waals surface area contributed by atoms with E-state index in [0.29, 0.717) is 36.4 Å². The molecule has 144 valence electrons. The zero-order valence-electron chi connectivity index (χ0n) is 14.8. The molecule has 1 unspecified atom stereocenters. The lowest BCUT2D eigenvalue weighted by molar-refractivity contribution is -0.135. The summed E-state index contributed by atoms with van der Waals surface area (Å²) < 4.78 is 31.3. The van der Waals surface area contributed by atoms with E-state index in [1.54, 1.807) is 12.3 Å². The summed E-state index contributed by atoms with van der Waals surface area (Å²) in [5, 5.41) is 4.05. The lowest BCUT2D eigenvalue weighted by Crippen LogP contribution is -2.46. The highest BCUT2D eigenvalue weighted by Gasteiger charge is 2.62. The fraction of sp³-hybridized carbons (Fsp3) is 0.500. The van der Waals surface area contributed by atoms with E-state index in [2.05, 4.69) is 15.3 Å². The maximum atomic E-state index is 13.2. The first-order chi connectivity index (χ1) is 12.9. The molecule has 1 saturated carbocycles. The van der Waals surface area contributed by atoms with Crippen LogP contribution in [0.2, 0.25) is 0 Å². The molecule has 0 aromatic carbocycles. The van der Waals surface area contributed by atoms with Crippen LogP contribution in [0.5, 0.6) is 0 Å². The van der Waals surface area contributed by atoms with Gasteiger partial charge in [0.1, 0.15) is 17.1 Å². The summed E-state index contributed by atoms with van der Waals surface area (Å²) in [6, 6.07) is 1.65. The van der Waals surface area contributed by atoms with Crippen LogP contribution in [0.3, 0.4) is 0 Å². The standard InChI is InChI=1S/C18H20F2N4O3/c1-27-17(26)12-8-22-15-11(4-5-21-15)14(12)23-10-3-2-6-24(9-10)16(25)13-7-18(13,19)20/h4-5,8,10,13H,2-3,6-7,9H2,1H3,(H2,21,22,23)/t10?,13-/m1/s1. The van der Waals surface area contributed by atoms with Gasteiger partial charge in [0, 0.05) is 43.3 Å². The van der Waals surface area contributed by atoms with E-state index in [1.165, 1.54) is 18.2 Å². The predicted molar refractivity (Wildman–Crippen MR) is 93.7 cm³/mol. The number of anilines is 1. The number of nitrogens with one attached hydrogen (secondary N) is 2. The van der Waals surface area contributed by atoms with Crippen LogP contribution in [0.4, 0.5) is 14.5 Å². The van der Waals surface area contributed by atoms with E-state index < -0.39 is 23.7 Å². The van der Waals surface area contributed by atoms with E-state index in [9.17, 15) is 18.4 Å². The average molecular weight is 378 g/mol. The van der Waals surface area contributed by atoms with E-state index in [1.807, 2.05) is 0 Å². The minimum absolute atomic E-state index is 0.154. The van der Waals surface area contributed by atoms with Crippen molar-refractivity contribution < 1.29 is 23.1 Å². The molecule has 3 heterocycles. The monoisotopic (exact) mass is 378 g/mol. The first-order valence-electron chi connectivity index (χ1n) is 8.88. The highest BCUT2D eigenvalue weighted by Crippen LogP contribution is 2.49. The third-order valence-electron chi connectivity index (χ3n) is 5.20. The molecule has 27 heavy (non-hydrogen) atoms. The van der Waals surface area contributed by atoms with Gasteiger partial charge < -0.3 is 19.9 Å². The van der Waals surface area contributed by atoms with Crippen molar-refractivity contribution in [2.24, 2.45) is 5.92 Å². The molecule has 9 heteroatoms. The number of rotatable bonds is 4. The quantitative estimate of drug-likeness (QED) is 0.798. The SMILES string of the molecule is COC(=O)c1cnc2[nH]ccc2c1NC1CCCN(C(=O)[C@H]2CC2(F)F)C1. The molecule has 2 fully saturated rings. The molecule has 1 amide bonds. The van der Waals surface area contributed by atoms with Crippen molar-refractivity contribution in [1.82, 2.24) is 14.9 Å². The number of aromatic nitrogens is 2. The van der Waals surface area contributed by atoms with Crippen molar-refractivity contribution >= 4 is 28.6 Å². The fourth-order valence-electron chi connectivity index (χ4n) is 3.63. The minimum Gasteiger partial charge on any atom is -0.465 e. The summed E-state index contributed by atoms with van der Waals surface area (Å²) >= 11 is 0. The number of alkyl halides is 2. The van der Waals surface area contributed by atoms with E-state index in [4.69, 9.17) is 4.74 Å². The minimum atomic E-state index is -2.86. The molecular formula is C18H20F2N4O3. The molecule has 1 aliphatic carbocycles. The van der Waals surface area contributed by atoms with Crippen LogP contribution >= 0.6 is 0 Å². The zero-order valence-corrected chi connectivity index (χ0v) is 14.8. The number of piperidine rings is 1. The molecule has 2 aliphatic rings. The Kier molecular flexibility index (Phi) is 4.24. The van der Waals surface area contributed by atoms with E-state index >= 15 is 0 Å². The molecule has 0 bridgehead atoms. The molecule has 0 radical (unpaired) electrons. The maximum absolute atomic E-state index is 13.2. The Hall–Kier alpha value is -2.71. The van der Waals surface area contributed by atoms with Gasteiger partial charge in [-0.2, -0.15) is 0 Å². The fourth-order valence-corrected chi connectivity index (χ4v) is 3.63. The number of aromatic amines is 1. The molecule has 4 rings (SSSR count). The third-order valence-corrected chi connectivity index (χ3v) is 5.20. The van der Waals surface area contributed by atoms with Crippen molar-refractivity contribution in [3.8, 4) is 0 Å². The number of ether oxygens (including phenoxy) is 1. The Morgan fingerprint density at radius 1 is 1.44 bits per heavy atom. The molecule has 7 nitrogen and oxygen atoms in total. The van der Waals surface area contributed by atoms with Crippen LogP contribution in [0, 0.1) is 5.92 Å². The largest absolute Gasteiger partial charge is 0.465 e. The van der Waals surface area contributed by atoms with Gasteiger partial charge >= 0.3 is 5.97 Å². The number of halogens is 2. The molecule has 1 aliphatic heterocycles. The van der Waals surface area contributed by atoms with Crippen LogP contribution in [-0.2, 0) is 9.53 Å². The van der Waals surface area contributed by atoms with Crippen molar-refractivity contribution in [2.75, 3.05) is 25.5 Å².